The Labute approximate surface area is 115 Å². The largest absolute Gasteiger partial charge is 0.395 e. The molecule has 0 aliphatic rings. The third-order valence-corrected chi connectivity index (χ3v) is 3.15. The van der Waals surface area contributed by atoms with E-state index in [4.69, 9.17) is 5.11 Å². The Morgan fingerprint density at radius 3 is 2.26 bits per heavy atom. The molecule has 19 heavy (non-hydrogen) atoms. The minimum absolute atomic E-state index is 0.00307. The predicted molar refractivity (Wildman–Crippen MR) is 78.7 cm³/mol. The molecule has 0 radical (unpaired) electrons. The van der Waals surface area contributed by atoms with Crippen molar-refractivity contribution in [2.24, 2.45) is 0 Å². The van der Waals surface area contributed by atoms with Gasteiger partial charge in [-0.3, -0.25) is 4.79 Å². The van der Waals surface area contributed by atoms with Crippen molar-refractivity contribution >= 4 is 11.6 Å². The molecule has 0 saturated carbocycles. The third kappa shape index (κ3) is 4.24. The van der Waals surface area contributed by atoms with Crippen LogP contribution in [0, 0.1) is 0 Å². The van der Waals surface area contributed by atoms with Gasteiger partial charge in [-0.15, -0.1) is 0 Å². The van der Waals surface area contributed by atoms with E-state index < -0.39 is 0 Å². The van der Waals surface area contributed by atoms with Gasteiger partial charge in [0.1, 0.15) is 0 Å². The zero-order chi connectivity index (χ0) is 14.3. The number of hydrogen-bond donors (Lipinski definition) is 1. The Morgan fingerprint density at radius 1 is 1.16 bits per heavy atom. The van der Waals surface area contributed by atoms with Crippen LogP contribution in [0.3, 0.4) is 0 Å². The highest BCUT2D eigenvalue weighted by molar-refractivity contribution is 5.94. The van der Waals surface area contributed by atoms with Crippen LogP contribution in [0.4, 0.5) is 5.69 Å². The lowest BCUT2D eigenvalue weighted by Crippen LogP contribution is -2.33. The molecule has 0 aromatic heterocycles. The molecule has 0 spiro atoms. The van der Waals surface area contributed by atoms with Gasteiger partial charge in [0, 0.05) is 37.9 Å². The van der Waals surface area contributed by atoms with Gasteiger partial charge in [0.25, 0.3) is 5.91 Å². The number of amides is 1. The van der Waals surface area contributed by atoms with E-state index in [0.717, 1.165) is 18.7 Å². The summed E-state index contributed by atoms with van der Waals surface area (Å²) >= 11 is 0. The summed E-state index contributed by atoms with van der Waals surface area (Å²) in [6.07, 6.45) is 1.09. The quantitative estimate of drug-likeness (QED) is 0.819. The molecular weight excluding hydrogens is 240 g/mol. The lowest BCUT2D eigenvalue weighted by atomic mass is 10.1. The van der Waals surface area contributed by atoms with Gasteiger partial charge in [0.2, 0.25) is 0 Å². The SMILES string of the molecule is CCCN(C)c1ccc(C(=O)N(CC)CCO)cc1. The van der Waals surface area contributed by atoms with E-state index in [9.17, 15) is 4.79 Å². The maximum absolute atomic E-state index is 12.2. The molecule has 0 heterocycles. The molecule has 1 amide bonds. The van der Waals surface area contributed by atoms with Crippen molar-refractivity contribution in [1.82, 2.24) is 4.90 Å². The first-order chi connectivity index (χ1) is 9.13. The van der Waals surface area contributed by atoms with Crippen LogP contribution in [0.15, 0.2) is 24.3 Å². The fourth-order valence-corrected chi connectivity index (χ4v) is 2.03. The lowest BCUT2D eigenvalue weighted by molar-refractivity contribution is 0.0732. The van der Waals surface area contributed by atoms with Crippen molar-refractivity contribution in [3.05, 3.63) is 29.8 Å². The number of carbonyl (C=O) groups is 1. The van der Waals surface area contributed by atoms with E-state index in [1.54, 1.807) is 4.90 Å². The molecule has 0 atom stereocenters. The summed E-state index contributed by atoms with van der Waals surface area (Å²) in [7, 11) is 2.05. The Balaban J connectivity index is 2.77. The number of likely N-dealkylation sites (N-methyl/N-ethyl adjacent to an activating group) is 1. The number of carbonyl (C=O) groups excluding carboxylic acids is 1. The van der Waals surface area contributed by atoms with E-state index in [1.807, 2.05) is 38.2 Å². The van der Waals surface area contributed by atoms with E-state index in [1.165, 1.54) is 0 Å². The summed E-state index contributed by atoms with van der Waals surface area (Å²) < 4.78 is 0. The number of hydrogen-bond acceptors (Lipinski definition) is 3. The summed E-state index contributed by atoms with van der Waals surface area (Å²) in [6.45, 7) is 6.04. The Kier molecular flexibility index (Phi) is 6.36. The molecule has 0 aliphatic carbocycles. The molecule has 0 fully saturated rings. The number of anilines is 1. The normalized spacial score (nSPS) is 10.3. The third-order valence-electron chi connectivity index (χ3n) is 3.15. The summed E-state index contributed by atoms with van der Waals surface area (Å²) in [5.74, 6) is -0.0266. The Morgan fingerprint density at radius 2 is 1.79 bits per heavy atom. The van der Waals surface area contributed by atoms with Crippen molar-refractivity contribution < 1.29 is 9.90 Å². The lowest BCUT2D eigenvalue weighted by Gasteiger charge is -2.21. The molecule has 4 heteroatoms. The summed E-state index contributed by atoms with van der Waals surface area (Å²) in [6, 6.07) is 7.64. The second-order valence-electron chi connectivity index (χ2n) is 4.58. The van der Waals surface area contributed by atoms with Gasteiger partial charge in [-0.1, -0.05) is 6.92 Å². The monoisotopic (exact) mass is 264 g/mol. The molecule has 4 nitrogen and oxygen atoms in total. The summed E-state index contributed by atoms with van der Waals surface area (Å²) in [5.41, 5.74) is 1.78. The molecule has 1 N–H and O–H groups in total. The topological polar surface area (TPSA) is 43.8 Å². The minimum atomic E-state index is -0.0266. The van der Waals surface area contributed by atoms with Gasteiger partial charge in [-0.2, -0.15) is 0 Å². The average molecular weight is 264 g/mol. The molecule has 0 aliphatic heterocycles. The van der Waals surface area contributed by atoms with Gasteiger partial charge in [-0.05, 0) is 37.6 Å². The van der Waals surface area contributed by atoms with Gasteiger partial charge in [0.05, 0.1) is 6.61 Å². The highest BCUT2D eigenvalue weighted by Crippen LogP contribution is 2.15. The smallest absolute Gasteiger partial charge is 0.253 e. The number of benzene rings is 1. The van der Waals surface area contributed by atoms with Gasteiger partial charge in [0.15, 0.2) is 0 Å². The van der Waals surface area contributed by atoms with Crippen LogP contribution in [-0.2, 0) is 0 Å². The molecule has 1 aromatic rings. The van der Waals surface area contributed by atoms with Crippen molar-refractivity contribution in [3.63, 3.8) is 0 Å². The number of aliphatic hydroxyl groups is 1. The minimum Gasteiger partial charge on any atom is -0.395 e. The zero-order valence-electron chi connectivity index (χ0n) is 12.1. The Bertz CT molecular complexity index is 390. The predicted octanol–water partition coefficient (Wildman–Crippen LogP) is 1.99. The highest BCUT2D eigenvalue weighted by Gasteiger charge is 2.13. The average Bonchev–Trinajstić information content (AvgIpc) is 2.44. The Hall–Kier alpha value is -1.55. The van der Waals surface area contributed by atoms with E-state index in [0.29, 0.717) is 18.7 Å². The van der Waals surface area contributed by atoms with Gasteiger partial charge < -0.3 is 14.9 Å². The molecule has 0 saturated heterocycles. The second-order valence-corrected chi connectivity index (χ2v) is 4.58. The standard InChI is InChI=1S/C15H24N2O2/c1-4-10-16(3)14-8-6-13(7-9-14)15(19)17(5-2)11-12-18/h6-9,18H,4-5,10-12H2,1-3H3. The van der Waals surface area contributed by atoms with Crippen LogP contribution in [0.25, 0.3) is 0 Å². The first kappa shape index (κ1) is 15.5. The van der Waals surface area contributed by atoms with Gasteiger partial charge in [-0.25, -0.2) is 0 Å². The first-order valence-corrected chi connectivity index (χ1v) is 6.85. The van der Waals surface area contributed by atoms with Crippen LogP contribution in [0.2, 0.25) is 0 Å². The summed E-state index contributed by atoms with van der Waals surface area (Å²) in [4.78, 5) is 16.0. The number of aliphatic hydroxyl groups excluding tert-OH is 1. The van der Waals surface area contributed by atoms with Crippen LogP contribution < -0.4 is 4.90 Å². The van der Waals surface area contributed by atoms with Crippen molar-refractivity contribution in [1.29, 1.82) is 0 Å². The second kappa shape index (κ2) is 7.79. The number of nitrogens with zero attached hydrogens (tertiary/aromatic N) is 2. The number of rotatable bonds is 7. The summed E-state index contributed by atoms with van der Waals surface area (Å²) in [5, 5.41) is 8.94. The first-order valence-electron chi connectivity index (χ1n) is 6.85. The van der Waals surface area contributed by atoms with E-state index >= 15 is 0 Å². The maximum atomic E-state index is 12.2. The molecule has 1 aromatic carbocycles. The molecule has 0 unspecified atom stereocenters. The molecule has 0 bridgehead atoms. The van der Waals surface area contributed by atoms with Crippen LogP contribution >= 0.6 is 0 Å². The van der Waals surface area contributed by atoms with Crippen LogP contribution in [0.1, 0.15) is 30.6 Å². The van der Waals surface area contributed by atoms with Crippen LogP contribution in [-0.4, -0.2) is 49.2 Å². The zero-order valence-corrected chi connectivity index (χ0v) is 12.1. The van der Waals surface area contributed by atoms with Crippen molar-refractivity contribution in [3.8, 4) is 0 Å². The van der Waals surface area contributed by atoms with Crippen LogP contribution in [0.5, 0.6) is 0 Å². The fourth-order valence-electron chi connectivity index (χ4n) is 2.03. The molecule has 1 rings (SSSR count). The maximum Gasteiger partial charge on any atom is 0.253 e. The molecular formula is C15H24N2O2. The highest BCUT2D eigenvalue weighted by atomic mass is 16.3. The molecule has 106 valence electrons. The van der Waals surface area contributed by atoms with Gasteiger partial charge >= 0.3 is 0 Å². The van der Waals surface area contributed by atoms with Crippen molar-refractivity contribution in [2.45, 2.75) is 20.3 Å². The fraction of sp³-hybridized carbons (Fsp3) is 0.533. The van der Waals surface area contributed by atoms with E-state index in [2.05, 4.69) is 11.8 Å². The van der Waals surface area contributed by atoms with Crippen molar-refractivity contribution in [2.75, 3.05) is 38.2 Å². The van der Waals surface area contributed by atoms with E-state index in [-0.39, 0.29) is 12.5 Å².